The minimum Gasteiger partial charge on any atom is -0.478 e. The highest BCUT2D eigenvalue weighted by atomic mass is 32.1. The Morgan fingerprint density at radius 3 is 2.85 bits per heavy atom. The van der Waals surface area contributed by atoms with Crippen molar-refractivity contribution in [2.24, 2.45) is 0 Å². The van der Waals surface area contributed by atoms with E-state index in [2.05, 4.69) is 14.7 Å². The van der Waals surface area contributed by atoms with Gasteiger partial charge in [-0.05, 0) is 18.5 Å². The lowest BCUT2D eigenvalue weighted by Crippen LogP contribution is -2.27. The van der Waals surface area contributed by atoms with Gasteiger partial charge in [0.25, 0.3) is 0 Å². The first-order valence-electron chi connectivity index (χ1n) is 5.81. The molecule has 0 aliphatic rings. The molecule has 106 valence electrons. The minimum atomic E-state index is -1.08. The SMILES string of the molecule is Cc1nsc(N(C)C(=O)CCn2ccnn2)c1C(=O)O. The molecule has 2 aromatic heterocycles. The molecule has 2 rings (SSSR count). The summed E-state index contributed by atoms with van der Waals surface area (Å²) < 4.78 is 5.53. The van der Waals surface area contributed by atoms with Crippen LogP contribution in [-0.4, -0.2) is 43.4 Å². The molecule has 8 nitrogen and oxygen atoms in total. The van der Waals surface area contributed by atoms with Gasteiger partial charge in [-0.3, -0.25) is 9.48 Å². The summed E-state index contributed by atoms with van der Waals surface area (Å²) in [5, 5.41) is 16.9. The maximum absolute atomic E-state index is 12.1. The number of hydrogen-bond acceptors (Lipinski definition) is 6. The van der Waals surface area contributed by atoms with Crippen molar-refractivity contribution in [3.63, 3.8) is 0 Å². The van der Waals surface area contributed by atoms with Crippen LogP contribution in [0.1, 0.15) is 22.5 Å². The molecule has 2 aromatic rings. The van der Waals surface area contributed by atoms with E-state index in [1.165, 1.54) is 11.1 Å². The molecule has 0 bridgehead atoms. The maximum atomic E-state index is 12.1. The van der Waals surface area contributed by atoms with Crippen molar-refractivity contribution >= 4 is 28.4 Å². The number of anilines is 1. The molecule has 1 N–H and O–H groups in total. The van der Waals surface area contributed by atoms with E-state index in [1.807, 2.05) is 0 Å². The number of carbonyl (C=O) groups is 2. The second-order valence-corrected chi connectivity index (χ2v) is 4.87. The van der Waals surface area contributed by atoms with E-state index in [0.29, 0.717) is 17.2 Å². The first-order chi connectivity index (χ1) is 9.50. The Bertz CT molecular complexity index is 622. The Balaban J connectivity index is 2.09. The Morgan fingerprint density at radius 2 is 2.25 bits per heavy atom. The number of rotatable bonds is 5. The lowest BCUT2D eigenvalue weighted by atomic mass is 10.2. The molecule has 20 heavy (non-hydrogen) atoms. The Kier molecular flexibility index (Phi) is 4.08. The zero-order chi connectivity index (χ0) is 14.7. The van der Waals surface area contributed by atoms with E-state index in [4.69, 9.17) is 5.11 Å². The van der Waals surface area contributed by atoms with E-state index < -0.39 is 5.97 Å². The number of carboxylic acid groups (broad SMARTS) is 1. The van der Waals surface area contributed by atoms with E-state index >= 15 is 0 Å². The van der Waals surface area contributed by atoms with Gasteiger partial charge in [-0.1, -0.05) is 5.21 Å². The average Bonchev–Trinajstić information content (AvgIpc) is 3.03. The number of aromatic carboxylic acids is 1. The smallest absolute Gasteiger partial charge is 0.340 e. The Morgan fingerprint density at radius 1 is 1.50 bits per heavy atom. The number of amides is 1. The molecule has 1 amide bonds. The maximum Gasteiger partial charge on any atom is 0.340 e. The van der Waals surface area contributed by atoms with E-state index in [9.17, 15) is 9.59 Å². The van der Waals surface area contributed by atoms with E-state index in [0.717, 1.165) is 11.5 Å². The van der Waals surface area contributed by atoms with Gasteiger partial charge >= 0.3 is 5.97 Å². The Labute approximate surface area is 118 Å². The molecule has 0 spiro atoms. The predicted molar refractivity (Wildman–Crippen MR) is 71.9 cm³/mol. The van der Waals surface area contributed by atoms with Crippen LogP contribution in [0.15, 0.2) is 12.4 Å². The lowest BCUT2D eigenvalue weighted by Gasteiger charge is -2.15. The summed E-state index contributed by atoms with van der Waals surface area (Å²) in [6.07, 6.45) is 3.39. The topological polar surface area (TPSA) is 101 Å². The molecule has 0 aliphatic carbocycles. The van der Waals surface area contributed by atoms with Crippen LogP contribution in [-0.2, 0) is 11.3 Å². The van der Waals surface area contributed by atoms with Crippen molar-refractivity contribution in [3.05, 3.63) is 23.7 Å². The minimum absolute atomic E-state index is 0.0756. The first-order valence-corrected chi connectivity index (χ1v) is 6.58. The summed E-state index contributed by atoms with van der Waals surface area (Å²) >= 11 is 1.00. The van der Waals surface area contributed by atoms with Gasteiger partial charge < -0.3 is 10.0 Å². The lowest BCUT2D eigenvalue weighted by molar-refractivity contribution is -0.118. The molecule has 0 fully saturated rings. The van der Waals surface area contributed by atoms with Gasteiger partial charge in [-0.15, -0.1) is 5.10 Å². The van der Waals surface area contributed by atoms with Crippen LogP contribution >= 0.6 is 11.5 Å². The van der Waals surface area contributed by atoms with Crippen molar-refractivity contribution in [2.75, 3.05) is 11.9 Å². The summed E-state index contributed by atoms with van der Waals surface area (Å²) in [7, 11) is 1.54. The molecule has 0 unspecified atom stereocenters. The monoisotopic (exact) mass is 295 g/mol. The normalized spacial score (nSPS) is 10.5. The summed E-state index contributed by atoms with van der Waals surface area (Å²) in [5.74, 6) is -1.28. The van der Waals surface area contributed by atoms with Crippen LogP contribution in [0.3, 0.4) is 0 Å². The van der Waals surface area contributed by atoms with E-state index in [1.54, 1.807) is 24.9 Å². The first kappa shape index (κ1) is 14.1. The predicted octanol–water partition coefficient (Wildman–Crippen LogP) is 0.794. The van der Waals surface area contributed by atoms with Crippen molar-refractivity contribution in [1.29, 1.82) is 0 Å². The third-order valence-corrected chi connectivity index (χ3v) is 3.78. The van der Waals surface area contributed by atoms with Gasteiger partial charge in [0.15, 0.2) is 0 Å². The second-order valence-electron chi connectivity index (χ2n) is 4.12. The van der Waals surface area contributed by atoms with Gasteiger partial charge in [0, 0.05) is 19.7 Å². The Hall–Kier alpha value is -2.29. The van der Waals surface area contributed by atoms with Crippen molar-refractivity contribution in [1.82, 2.24) is 19.4 Å². The molecule has 0 saturated carbocycles. The van der Waals surface area contributed by atoms with Crippen LogP contribution in [0.25, 0.3) is 0 Å². The highest BCUT2D eigenvalue weighted by Gasteiger charge is 2.23. The zero-order valence-corrected chi connectivity index (χ0v) is 11.8. The largest absolute Gasteiger partial charge is 0.478 e. The number of carbonyl (C=O) groups excluding carboxylic acids is 1. The number of nitrogens with zero attached hydrogens (tertiary/aromatic N) is 5. The molecular formula is C11H13N5O3S. The quantitative estimate of drug-likeness (QED) is 0.875. The molecule has 0 saturated heterocycles. The highest BCUT2D eigenvalue weighted by Crippen LogP contribution is 2.28. The zero-order valence-electron chi connectivity index (χ0n) is 11.0. The van der Waals surface area contributed by atoms with E-state index in [-0.39, 0.29) is 17.9 Å². The highest BCUT2D eigenvalue weighted by molar-refractivity contribution is 7.11. The standard InChI is InChI=1S/C11H13N5O3S/c1-7-9(11(18)19)10(20-13-7)15(2)8(17)3-5-16-6-4-12-14-16/h4,6H,3,5H2,1-2H3,(H,18,19). The van der Waals surface area contributed by atoms with Gasteiger partial charge in [-0.25, -0.2) is 4.79 Å². The van der Waals surface area contributed by atoms with Crippen LogP contribution in [0, 0.1) is 6.92 Å². The fourth-order valence-electron chi connectivity index (χ4n) is 1.68. The summed E-state index contributed by atoms with van der Waals surface area (Å²) in [5.41, 5.74) is 0.486. The summed E-state index contributed by atoms with van der Waals surface area (Å²) in [6.45, 7) is 2.00. The molecule has 2 heterocycles. The van der Waals surface area contributed by atoms with Crippen molar-refractivity contribution in [2.45, 2.75) is 19.9 Å². The molecular weight excluding hydrogens is 282 g/mol. The number of aromatic nitrogens is 4. The molecule has 9 heteroatoms. The molecule has 0 aliphatic heterocycles. The molecule has 0 atom stereocenters. The second kappa shape index (κ2) is 5.78. The van der Waals surface area contributed by atoms with Crippen LogP contribution in [0.5, 0.6) is 0 Å². The third kappa shape index (κ3) is 2.82. The fraction of sp³-hybridized carbons (Fsp3) is 0.364. The number of carboxylic acids is 1. The third-order valence-electron chi connectivity index (χ3n) is 2.76. The van der Waals surface area contributed by atoms with Crippen molar-refractivity contribution < 1.29 is 14.7 Å². The number of aryl methyl sites for hydroxylation is 2. The summed E-state index contributed by atoms with van der Waals surface area (Å²) in [6, 6.07) is 0. The summed E-state index contributed by atoms with van der Waals surface area (Å²) in [4.78, 5) is 24.6. The fourth-order valence-corrected chi connectivity index (χ4v) is 2.54. The van der Waals surface area contributed by atoms with Gasteiger partial charge in [-0.2, -0.15) is 4.37 Å². The van der Waals surface area contributed by atoms with Gasteiger partial charge in [0.05, 0.1) is 18.4 Å². The van der Waals surface area contributed by atoms with Crippen LogP contribution in [0.4, 0.5) is 5.00 Å². The molecule has 0 aromatic carbocycles. The van der Waals surface area contributed by atoms with Crippen LogP contribution in [0.2, 0.25) is 0 Å². The number of hydrogen-bond donors (Lipinski definition) is 1. The van der Waals surface area contributed by atoms with Gasteiger partial charge in [0.2, 0.25) is 5.91 Å². The van der Waals surface area contributed by atoms with Crippen LogP contribution < -0.4 is 4.90 Å². The molecule has 0 radical (unpaired) electrons. The average molecular weight is 295 g/mol. The van der Waals surface area contributed by atoms with Crippen molar-refractivity contribution in [3.8, 4) is 0 Å². The van der Waals surface area contributed by atoms with Gasteiger partial charge in [0.1, 0.15) is 10.6 Å².